The molecule has 5 heteroatoms. The first-order valence-electron chi connectivity index (χ1n) is 5.91. The molecule has 1 aliphatic rings. The van der Waals surface area contributed by atoms with Crippen LogP contribution >= 0.6 is 0 Å². The van der Waals surface area contributed by atoms with Gasteiger partial charge < -0.3 is 25.0 Å². The number of hydrogen-bond donors (Lipinski definition) is 4. The fourth-order valence-electron chi connectivity index (χ4n) is 2.41. The summed E-state index contributed by atoms with van der Waals surface area (Å²) >= 11 is 0. The Balaban J connectivity index is 1.95. The molecule has 0 unspecified atom stereocenters. The van der Waals surface area contributed by atoms with Crippen molar-refractivity contribution in [1.82, 2.24) is 4.98 Å². The van der Waals surface area contributed by atoms with E-state index >= 15 is 0 Å². The number of aromatic amines is 1. The van der Waals surface area contributed by atoms with Crippen LogP contribution in [0.5, 0.6) is 0 Å². The van der Waals surface area contributed by atoms with E-state index in [-0.39, 0.29) is 6.61 Å². The zero-order valence-electron chi connectivity index (χ0n) is 9.65. The van der Waals surface area contributed by atoms with Crippen LogP contribution in [0.4, 0.5) is 0 Å². The van der Waals surface area contributed by atoms with Crippen LogP contribution in [-0.2, 0) is 4.74 Å². The van der Waals surface area contributed by atoms with E-state index in [1.807, 2.05) is 30.3 Å². The van der Waals surface area contributed by atoms with Crippen LogP contribution in [0.2, 0.25) is 0 Å². The quantitative estimate of drug-likeness (QED) is 0.617. The highest BCUT2D eigenvalue weighted by molar-refractivity contribution is 5.80. The molecule has 3 rings (SSSR count). The summed E-state index contributed by atoms with van der Waals surface area (Å²) in [6, 6.07) is 9.61. The molecule has 18 heavy (non-hydrogen) atoms. The first kappa shape index (κ1) is 11.7. The van der Waals surface area contributed by atoms with Gasteiger partial charge in [-0.15, -0.1) is 0 Å². The fraction of sp³-hybridized carbons (Fsp3) is 0.385. The number of H-pyrrole nitrogens is 1. The maximum absolute atomic E-state index is 9.93. The van der Waals surface area contributed by atoms with Crippen LogP contribution in [0.15, 0.2) is 30.3 Å². The van der Waals surface area contributed by atoms with E-state index in [4.69, 9.17) is 9.84 Å². The van der Waals surface area contributed by atoms with Crippen LogP contribution in [0.25, 0.3) is 10.9 Å². The highest BCUT2D eigenvalue weighted by Gasteiger charge is 2.43. The van der Waals surface area contributed by atoms with Crippen LogP contribution < -0.4 is 0 Å². The molecule has 0 saturated carbocycles. The van der Waals surface area contributed by atoms with E-state index in [0.29, 0.717) is 5.69 Å². The highest BCUT2D eigenvalue weighted by atomic mass is 16.6. The summed E-state index contributed by atoms with van der Waals surface area (Å²) in [7, 11) is 0. The highest BCUT2D eigenvalue weighted by Crippen LogP contribution is 2.34. The van der Waals surface area contributed by atoms with Gasteiger partial charge in [0.05, 0.1) is 6.61 Å². The first-order valence-corrected chi connectivity index (χ1v) is 5.91. The molecular weight excluding hydrogens is 234 g/mol. The average Bonchev–Trinajstić information content (AvgIpc) is 2.92. The van der Waals surface area contributed by atoms with Gasteiger partial charge in [-0.2, -0.15) is 0 Å². The van der Waals surface area contributed by atoms with Gasteiger partial charge in [0, 0.05) is 11.2 Å². The SMILES string of the molecule is OC[C@H]1O[C@H](c2cc3ccccc3[nH]2)[C@H](O)[C@@H]1O. The van der Waals surface area contributed by atoms with Gasteiger partial charge in [-0.1, -0.05) is 18.2 Å². The third-order valence-electron chi connectivity index (χ3n) is 3.40. The molecule has 5 nitrogen and oxygen atoms in total. The minimum absolute atomic E-state index is 0.311. The molecule has 0 radical (unpaired) electrons. The lowest BCUT2D eigenvalue weighted by Gasteiger charge is -2.12. The Bertz CT molecular complexity index is 520. The van der Waals surface area contributed by atoms with Crippen LogP contribution in [0.1, 0.15) is 11.8 Å². The third-order valence-corrected chi connectivity index (χ3v) is 3.40. The summed E-state index contributed by atoms with van der Waals surface area (Å²) in [5.74, 6) is 0. The van der Waals surface area contributed by atoms with E-state index < -0.39 is 24.4 Å². The Hall–Kier alpha value is -1.40. The number of fused-ring (bicyclic) bond motifs is 1. The molecule has 0 bridgehead atoms. The summed E-state index contributed by atoms with van der Waals surface area (Å²) in [5, 5.41) is 29.7. The normalized spacial score (nSPS) is 32.2. The lowest BCUT2D eigenvalue weighted by Crippen LogP contribution is -2.32. The second-order valence-electron chi connectivity index (χ2n) is 4.57. The molecule has 0 spiro atoms. The van der Waals surface area contributed by atoms with E-state index in [2.05, 4.69) is 4.98 Å². The molecule has 1 aliphatic heterocycles. The summed E-state index contributed by atoms with van der Waals surface area (Å²) in [6.07, 6.45) is -3.47. The summed E-state index contributed by atoms with van der Waals surface area (Å²) in [4.78, 5) is 3.16. The number of aliphatic hydroxyl groups excluding tert-OH is 3. The van der Waals surface area contributed by atoms with Gasteiger partial charge in [-0.05, 0) is 17.5 Å². The van der Waals surface area contributed by atoms with E-state index in [1.165, 1.54) is 0 Å². The van der Waals surface area contributed by atoms with Gasteiger partial charge in [0.15, 0.2) is 0 Å². The Kier molecular flexibility index (Phi) is 2.83. The third kappa shape index (κ3) is 1.72. The number of ether oxygens (including phenoxy) is 1. The number of benzene rings is 1. The summed E-state index contributed by atoms with van der Waals surface area (Å²) in [5.41, 5.74) is 1.66. The number of nitrogens with one attached hydrogen (secondary N) is 1. The average molecular weight is 249 g/mol. The van der Waals surface area contributed by atoms with E-state index in [9.17, 15) is 10.2 Å². The number of aliphatic hydroxyl groups is 3. The Labute approximate surface area is 104 Å². The lowest BCUT2D eigenvalue weighted by atomic mass is 10.1. The molecule has 2 heterocycles. The van der Waals surface area contributed by atoms with Gasteiger partial charge in [0.2, 0.25) is 0 Å². The topological polar surface area (TPSA) is 85.7 Å². The Morgan fingerprint density at radius 1 is 1.17 bits per heavy atom. The molecule has 4 N–H and O–H groups in total. The largest absolute Gasteiger partial charge is 0.394 e. The molecule has 1 saturated heterocycles. The fourth-order valence-corrected chi connectivity index (χ4v) is 2.41. The predicted octanol–water partition coefficient (Wildman–Crippen LogP) is 0.322. The van der Waals surface area contributed by atoms with Crippen molar-refractivity contribution in [3.8, 4) is 0 Å². The molecule has 0 amide bonds. The molecule has 96 valence electrons. The van der Waals surface area contributed by atoms with Crippen LogP contribution in [0, 0.1) is 0 Å². The minimum Gasteiger partial charge on any atom is -0.394 e. The Morgan fingerprint density at radius 2 is 1.94 bits per heavy atom. The molecule has 1 aromatic heterocycles. The summed E-state index contributed by atoms with van der Waals surface area (Å²) < 4.78 is 5.47. The van der Waals surface area contributed by atoms with Crippen molar-refractivity contribution in [3.63, 3.8) is 0 Å². The zero-order valence-corrected chi connectivity index (χ0v) is 9.65. The molecule has 4 atom stereocenters. The first-order chi connectivity index (χ1) is 8.70. The van der Waals surface area contributed by atoms with Crippen molar-refractivity contribution in [2.45, 2.75) is 24.4 Å². The van der Waals surface area contributed by atoms with Gasteiger partial charge in [0.1, 0.15) is 24.4 Å². The van der Waals surface area contributed by atoms with Crippen molar-refractivity contribution >= 4 is 10.9 Å². The molecular formula is C13H15NO4. The molecule has 0 aliphatic carbocycles. The zero-order chi connectivity index (χ0) is 12.7. The van der Waals surface area contributed by atoms with E-state index in [1.54, 1.807) is 0 Å². The second kappa shape index (κ2) is 4.37. The lowest BCUT2D eigenvalue weighted by molar-refractivity contribution is -0.0237. The number of rotatable bonds is 2. The van der Waals surface area contributed by atoms with Gasteiger partial charge in [0.25, 0.3) is 0 Å². The van der Waals surface area contributed by atoms with Crippen molar-refractivity contribution in [1.29, 1.82) is 0 Å². The molecule has 1 fully saturated rings. The number of hydrogen-bond acceptors (Lipinski definition) is 4. The number of aromatic nitrogens is 1. The van der Waals surface area contributed by atoms with Crippen molar-refractivity contribution in [2.75, 3.05) is 6.61 Å². The maximum Gasteiger partial charge on any atom is 0.126 e. The number of para-hydroxylation sites is 1. The van der Waals surface area contributed by atoms with Crippen molar-refractivity contribution < 1.29 is 20.1 Å². The van der Waals surface area contributed by atoms with Gasteiger partial charge >= 0.3 is 0 Å². The monoisotopic (exact) mass is 249 g/mol. The van der Waals surface area contributed by atoms with Gasteiger partial charge in [-0.3, -0.25) is 0 Å². The van der Waals surface area contributed by atoms with Crippen LogP contribution in [0.3, 0.4) is 0 Å². The predicted molar refractivity (Wildman–Crippen MR) is 65.0 cm³/mol. The summed E-state index contributed by atoms with van der Waals surface area (Å²) in [6.45, 7) is -0.311. The minimum atomic E-state index is -1.06. The smallest absolute Gasteiger partial charge is 0.126 e. The van der Waals surface area contributed by atoms with Crippen LogP contribution in [-0.4, -0.2) is 45.2 Å². The van der Waals surface area contributed by atoms with Crippen molar-refractivity contribution in [2.24, 2.45) is 0 Å². The Morgan fingerprint density at radius 3 is 2.61 bits per heavy atom. The standard InChI is InChI=1S/C13H15NO4/c15-6-10-11(16)12(17)13(18-10)9-5-7-3-1-2-4-8(7)14-9/h1-5,10-17H,6H2/t10-,11-,12-,13-/m1/s1. The van der Waals surface area contributed by atoms with Crippen molar-refractivity contribution in [3.05, 3.63) is 36.0 Å². The maximum atomic E-state index is 9.93. The molecule has 2 aromatic rings. The van der Waals surface area contributed by atoms with E-state index in [0.717, 1.165) is 10.9 Å². The van der Waals surface area contributed by atoms with Gasteiger partial charge in [-0.25, -0.2) is 0 Å². The second-order valence-corrected chi connectivity index (χ2v) is 4.57. The molecule has 1 aromatic carbocycles.